The highest BCUT2D eigenvalue weighted by molar-refractivity contribution is 6.35. The molecule has 1 heterocycles. The van der Waals surface area contributed by atoms with Crippen molar-refractivity contribution in [1.82, 2.24) is 10.2 Å². The summed E-state index contributed by atoms with van der Waals surface area (Å²) in [5.41, 5.74) is -0.852. The van der Waals surface area contributed by atoms with E-state index in [0.29, 0.717) is 17.2 Å². The van der Waals surface area contributed by atoms with E-state index in [9.17, 15) is 14.4 Å². The van der Waals surface area contributed by atoms with E-state index in [0.717, 1.165) is 17.7 Å². The molecular formula is C17H20Cl2N2O4. The average molecular weight is 387 g/mol. The van der Waals surface area contributed by atoms with E-state index in [1.807, 2.05) is 6.92 Å². The highest BCUT2D eigenvalue weighted by Crippen LogP contribution is 2.34. The Hall–Kier alpha value is -1.79. The number of urea groups is 1. The van der Waals surface area contributed by atoms with Crippen molar-refractivity contribution in [2.45, 2.75) is 38.6 Å². The zero-order valence-electron chi connectivity index (χ0n) is 14.1. The van der Waals surface area contributed by atoms with Crippen molar-refractivity contribution in [3.05, 3.63) is 33.8 Å². The molecule has 1 N–H and O–H groups in total. The fraction of sp³-hybridized carbons (Fsp3) is 0.471. The average Bonchev–Trinajstić information content (AvgIpc) is 2.75. The van der Waals surface area contributed by atoms with E-state index in [4.69, 9.17) is 27.9 Å². The molecule has 136 valence electrons. The van der Waals surface area contributed by atoms with Crippen molar-refractivity contribution in [3.8, 4) is 0 Å². The van der Waals surface area contributed by atoms with Crippen LogP contribution in [0.25, 0.3) is 0 Å². The highest BCUT2D eigenvalue weighted by Gasteiger charge is 2.49. The summed E-state index contributed by atoms with van der Waals surface area (Å²) in [5, 5.41) is 3.35. The van der Waals surface area contributed by atoms with Gasteiger partial charge in [-0.1, -0.05) is 42.6 Å². The maximum Gasteiger partial charge on any atom is 0.325 e. The van der Waals surface area contributed by atoms with Gasteiger partial charge in [-0.25, -0.2) is 4.79 Å². The van der Waals surface area contributed by atoms with Crippen molar-refractivity contribution < 1.29 is 19.1 Å². The van der Waals surface area contributed by atoms with E-state index in [-0.39, 0.29) is 18.0 Å². The molecule has 8 heteroatoms. The Bertz CT molecular complexity index is 695. The first kappa shape index (κ1) is 19.5. The third kappa shape index (κ3) is 4.25. The van der Waals surface area contributed by atoms with E-state index in [2.05, 4.69) is 5.32 Å². The molecule has 25 heavy (non-hydrogen) atoms. The normalized spacial score (nSPS) is 19.9. The fourth-order valence-corrected chi connectivity index (χ4v) is 3.18. The number of esters is 1. The molecule has 0 aliphatic carbocycles. The van der Waals surface area contributed by atoms with Gasteiger partial charge in [0.1, 0.15) is 5.54 Å². The van der Waals surface area contributed by atoms with Crippen molar-refractivity contribution in [2.24, 2.45) is 0 Å². The summed E-state index contributed by atoms with van der Waals surface area (Å²) in [5.74, 6) is -0.907. The first-order chi connectivity index (χ1) is 11.8. The van der Waals surface area contributed by atoms with Crippen LogP contribution in [-0.2, 0) is 19.9 Å². The summed E-state index contributed by atoms with van der Waals surface area (Å²) in [6.45, 7) is 3.86. The molecular weight excluding hydrogens is 367 g/mol. The van der Waals surface area contributed by atoms with E-state index < -0.39 is 23.4 Å². The van der Waals surface area contributed by atoms with Gasteiger partial charge in [-0.05, 0) is 25.5 Å². The molecule has 1 fully saturated rings. The quantitative estimate of drug-likeness (QED) is 0.442. The lowest BCUT2D eigenvalue weighted by molar-refractivity contribution is -0.144. The number of unbranched alkanes of at least 4 members (excludes halogenated alkanes) is 1. The van der Waals surface area contributed by atoms with Crippen LogP contribution in [0.15, 0.2) is 18.2 Å². The Morgan fingerprint density at radius 2 is 2.04 bits per heavy atom. The summed E-state index contributed by atoms with van der Waals surface area (Å²) in [6.07, 6.45) is 1.65. The van der Waals surface area contributed by atoms with Gasteiger partial charge in [0, 0.05) is 22.2 Å². The van der Waals surface area contributed by atoms with Crippen LogP contribution in [0.5, 0.6) is 0 Å². The lowest BCUT2D eigenvalue weighted by Gasteiger charge is -2.23. The molecule has 0 saturated carbocycles. The van der Waals surface area contributed by atoms with Crippen molar-refractivity contribution in [1.29, 1.82) is 0 Å². The van der Waals surface area contributed by atoms with Crippen molar-refractivity contribution >= 4 is 41.1 Å². The molecule has 1 aromatic rings. The van der Waals surface area contributed by atoms with Gasteiger partial charge in [0.05, 0.1) is 13.0 Å². The Labute approximate surface area is 156 Å². The zero-order valence-corrected chi connectivity index (χ0v) is 15.6. The van der Waals surface area contributed by atoms with Gasteiger partial charge in [-0.2, -0.15) is 0 Å². The molecule has 6 nitrogen and oxygen atoms in total. The largest absolute Gasteiger partial charge is 0.466 e. The Kier molecular flexibility index (Phi) is 6.30. The first-order valence-electron chi connectivity index (χ1n) is 8.05. The van der Waals surface area contributed by atoms with Gasteiger partial charge in [-0.15, -0.1) is 0 Å². The van der Waals surface area contributed by atoms with Crippen LogP contribution in [0.1, 0.15) is 38.7 Å². The predicted octanol–water partition coefficient (Wildman–Crippen LogP) is 3.49. The second kappa shape index (κ2) is 8.06. The number of hydrogen-bond acceptors (Lipinski definition) is 4. The second-order valence-electron chi connectivity index (χ2n) is 5.96. The predicted molar refractivity (Wildman–Crippen MR) is 94.5 cm³/mol. The number of halogens is 2. The molecule has 1 aliphatic heterocycles. The van der Waals surface area contributed by atoms with Gasteiger partial charge < -0.3 is 10.1 Å². The van der Waals surface area contributed by atoms with E-state index in [1.54, 1.807) is 19.1 Å². The van der Waals surface area contributed by atoms with Crippen LogP contribution < -0.4 is 5.32 Å². The number of ether oxygens (including phenoxy) is 1. The molecule has 1 aliphatic rings. The van der Waals surface area contributed by atoms with Gasteiger partial charge in [0.2, 0.25) is 0 Å². The minimum Gasteiger partial charge on any atom is -0.466 e. The van der Waals surface area contributed by atoms with Crippen molar-refractivity contribution in [2.75, 3.05) is 13.2 Å². The second-order valence-corrected chi connectivity index (χ2v) is 6.80. The molecule has 1 atom stereocenters. The molecule has 1 saturated heterocycles. The minimum absolute atomic E-state index is 0.0452. The number of imide groups is 1. The minimum atomic E-state index is -1.30. The van der Waals surface area contributed by atoms with Crippen LogP contribution in [0.2, 0.25) is 10.0 Å². The number of nitrogens with zero attached hydrogens (tertiary/aromatic N) is 1. The van der Waals surface area contributed by atoms with Gasteiger partial charge in [0.15, 0.2) is 0 Å². The van der Waals surface area contributed by atoms with Gasteiger partial charge in [0.25, 0.3) is 5.91 Å². The lowest BCUT2D eigenvalue weighted by atomic mass is 9.92. The van der Waals surface area contributed by atoms with Crippen molar-refractivity contribution in [3.63, 3.8) is 0 Å². The van der Waals surface area contributed by atoms with E-state index in [1.165, 1.54) is 6.07 Å². The van der Waals surface area contributed by atoms with Crippen LogP contribution in [0.4, 0.5) is 4.79 Å². The SMILES string of the molecule is CCCCOC(=O)CCN1C(=O)N[C@](C)(c2ccc(Cl)cc2Cl)C1=O. The summed E-state index contributed by atoms with van der Waals surface area (Å²) in [7, 11) is 0. The molecule has 2 rings (SSSR count). The van der Waals surface area contributed by atoms with Gasteiger partial charge in [-0.3, -0.25) is 14.5 Å². The standard InChI is InChI=1S/C17H20Cl2N2O4/c1-3-4-9-25-14(22)7-8-21-15(23)17(2,20-16(21)24)12-6-5-11(18)10-13(12)19/h5-6,10H,3-4,7-9H2,1-2H3,(H,20,24)/t17-/m1/s1. The maximum atomic E-state index is 12.7. The third-order valence-corrected chi connectivity index (χ3v) is 4.59. The van der Waals surface area contributed by atoms with Crippen LogP contribution in [0, 0.1) is 0 Å². The van der Waals surface area contributed by atoms with Crippen LogP contribution in [0.3, 0.4) is 0 Å². The molecule has 1 aromatic carbocycles. The number of carbonyl (C=O) groups is 3. The van der Waals surface area contributed by atoms with E-state index >= 15 is 0 Å². The summed E-state index contributed by atoms with van der Waals surface area (Å²) in [4.78, 5) is 37.6. The fourth-order valence-electron chi connectivity index (χ4n) is 2.58. The molecule has 3 amide bonds. The molecule has 0 unspecified atom stereocenters. The Balaban J connectivity index is 2.07. The highest BCUT2D eigenvalue weighted by atomic mass is 35.5. The lowest BCUT2D eigenvalue weighted by Crippen LogP contribution is -2.41. The van der Waals surface area contributed by atoms with Crippen LogP contribution >= 0.6 is 23.2 Å². The summed E-state index contributed by atoms with van der Waals surface area (Å²) in [6, 6.07) is 4.14. The topological polar surface area (TPSA) is 75.7 Å². The smallest absolute Gasteiger partial charge is 0.325 e. The number of amides is 3. The molecule has 0 spiro atoms. The van der Waals surface area contributed by atoms with Gasteiger partial charge >= 0.3 is 12.0 Å². The summed E-state index contributed by atoms with van der Waals surface area (Å²) < 4.78 is 5.04. The summed E-state index contributed by atoms with van der Waals surface area (Å²) >= 11 is 12.1. The number of nitrogens with one attached hydrogen (secondary N) is 1. The number of hydrogen-bond donors (Lipinski definition) is 1. The molecule has 0 aromatic heterocycles. The Morgan fingerprint density at radius 3 is 2.68 bits per heavy atom. The monoisotopic (exact) mass is 386 g/mol. The Morgan fingerprint density at radius 1 is 1.32 bits per heavy atom. The molecule has 0 radical (unpaired) electrons. The maximum absolute atomic E-state index is 12.7. The zero-order chi connectivity index (χ0) is 18.6. The van der Waals surface area contributed by atoms with Crippen LogP contribution in [-0.4, -0.2) is 36.0 Å². The number of carbonyl (C=O) groups excluding carboxylic acids is 3. The third-order valence-electron chi connectivity index (χ3n) is 4.05. The number of benzene rings is 1. The molecule has 0 bridgehead atoms. The number of rotatable bonds is 7. The first-order valence-corrected chi connectivity index (χ1v) is 8.80.